The first-order chi connectivity index (χ1) is 15.3. The number of aryl methyl sites for hydroxylation is 2. The first-order valence-electron chi connectivity index (χ1n) is 11.1. The van der Waals surface area contributed by atoms with Gasteiger partial charge in [-0.05, 0) is 66.3 Å². The lowest BCUT2D eigenvalue weighted by Gasteiger charge is -2.38. The molecule has 2 aromatic carbocycles. The van der Waals surface area contributed by atoms with E-state index in [1.165, 1.54) is 5.56 Å². The van der Waals surface area contributed by atoms with E-state index >= 15 is 0 Å². The SMILES string of the molecule is CCS(=O)(=O)CCN1CCc2c(N)cccc2C1c1ccc(C)c(-c2ccc(C)cn2)c1. The van der Waals surface area contributed by atoms with Crippen LogP contribution in [0.3, 0.4) is 0 Å². The highest BCUT2D eigenvalue weighted by atomic mass is 32.2. The Kier molecular flexibility index (Phi) is 6.35. The number of rotatable bonds is 6. The predicted octanol–water partition coefficient (Wildman–Crippen LogP) is 4.33. The summed E-state index contributed by atoms with van der Waals surface area (Å²) in [5, 5.41) is 0. The zero-order valence-electron chi connectivity index (χ0n) is 19.0. The summed E-state index contributed by atoms with van der Waals surface area (Å²) in [7, 11) is -3.05. The normalized spacial score (nSPS) is 16.7. The van der Waals surface area contributed by atoms with Crippen LogP contribution in [0, 0.1) is 13.8 Å². The topological polar surface area (TPSA) is 76.3 Å². The number of hydrogen-bond donors (Lipinski definition) is 1. The summed E-state index contributed by atoms with van der Waals surface area (Å²) in [5.41, 5.74) is 14.9. The van der Waals surface area contributed by atoms with Gasteiger partial charge < -0.3 is 5.73 Å². The maximum atomic E-state index is 12.2. The molecule has 3 aromatic rings. The van der Waals surface area contributed by atoms with E-state index in [0.29, 0.717) is 6.54 Å². The summed E-state index contributed by atoms with van der Waals surface area (Å²) in [5.74, 6) is 0.332. The molecule has 0 radical (unpaired) electrons. The van der Waals surface area contributed by atoms with Crippen LogP contribution in [0.5, 0.6) is 0 Å². The van der Waals surface area contributed by atoms with Crippen molar-refractivity contribution in [2.75, 3.05) is 30.3 Å². The van der Waals surface area contributed by atoms with E-state index in [1.807, 2.05) is 25.3 Å². The predicted molar refractivity (Wildman–Crippen MR) is 131 cm³/mol. The van der Waals surface area contributed by atoms with Gasteiger partial charge in [-0.25, -0.2) is 8.42 Å². The van der Waals surface area contributed by atoms with Crippen molar-refractivity contribution in [3.05, 3.63) is 82.5 Å². The number of benzene rings is 2. The summed E-state index contributed by atoms with van der Waals surface area (Å²) < 4.78 is 24.5. The molecule has 1 unspecified atom stereocenters. The van der Waals surface area contributed by atoms with Crippen LogP contribution in [0.25, 0.3) is 11.3 Å². The Morgan fingerprint density at radius 2 is 1.94 bits per heavy atom. The number of anilines is 1. The average molecular weight is 450 g/mol. The molecule has 0 saturated heterocycles. The molecule has 0 aliphatic carbocycles. The molecule has 0 amide bonds. The molecule has 6 heteroatoms. The number of hydrogen-bond acceptors (Lipinski definition) is 5. The lowest BCUT2D eigenvalue weighted by Crippen LogP contribution is -2.39. The van der Waals surface area contributed by atoms with Gasteiger partial charge in [-0.2, -0.15) is 0 Å². The summed E-state index contributed by atoms with van der Waals surface area (Å²) in [6.45, 7) is 7.11. The zero-order chi connectivity index (χ0) is 22.9. The van der Waals surface area contributed by atoms with Crippen molar-refractivity contribution in [1.29, 1.82) is 0 Å². The second-order valence-electron chi connectivity index (χ2n) is 8.64. The maximum absolute atomic E-state index is 12.2. The van der Waals surface area contributed by atoms with Crippen LogP contribution >= 0.6 is 0 Å². The van der Waals surface area contributed by atoms with Crippen molar-refractivity contribution in [2.45, 2.75) is 33.2 Å². The van der Waals surface area contributed by atoms with Crippen LogP contribution in [0.2, 0.25) is 0 Å². The molecule has 0 bridgehead atoms. The lowest BCUT2D eigenvalue weighted by molar-refractivity contribution is 0.226. The first kappa shape index (κ1) is 22.5. The number of sulfone groups is 1. The second kappa shape index (κ2) is 9.04. The highest BCUT2D eigenvalue weighted by Gasteiger charge is 2.30. The van der Waals surface area contributed by atoms with Crippen LogP contribution in [0.15, 0.2) is 54.7 Å². The van der Waals surface area contributed by atoms with E-state index in [0.717, 1.165) is 52.2 Å². The third-order valence-electron chi connectivity index (χ3n) is 6.45. The van der Waals surface area contributed by atoms with E-state index in [1.54, 1.807) is 6.92 Å². The molecule has 1 aliphatic heterocycles. The molecule has 0 fully saturated rings. The Morgan fingerprint density at radius 1 is 1.12 bits per heavy atom. The van der Waals surface area contributed by atoms with E-state index in [-0.39, 0.29) is 17.5 Å². The van der Waals surface area contributed by atoms with Gasteiger partial charge in [-0.3, -0.25) is 9.88 Å². The first-order valence-corrected chi connectivity index (χ1v) is 13.0. The van der Waals surface area contributed by atoms with Crippen LogP contribution in [0.1, 0.15) is 40.8 Å². The van der Waals surface area contributed by atoms with Crippen molar-refractivity contribution in [3.63, 3.8) is 0 Å². The molecular weight excluding hydrogens is 418 g/mol. The molecule has 1 aromatic heterocycles. The number of nitrogens with two attached hydrogens (primary N) is 1. The van der Waals surface area contributed by atoms with Gasteiger partial charge in [0.2, 0.25) is 0 Å². The quantitative estimate of drug-likeness (QED) is 0.567. The van der Waals surface area contributed by atoms with Gasteiger partial charge >= 0.3 is 0 Å². The number of aromatic nitrogens is 1. The lowest BCUT2D eigenvalue weighted by atomic mass is 9.86. The third-order valence-corrected chi connectivity index (χ3v) is 8.14. The van der Waals surface area contributed by atoms with Crippen LogP contribution < -0.4 is 5.73 Å². The molecule has 1 aliphatic rings. The van der Waals surface area contributed by atoms with Gasteiger partial charge in [0.1, 0.15) is 0 Å². The van der Waals surface area contributed by atoms with E-state index in [4.69, 9.17) is 5.73 Å². The van der Waals surface area contributed by atoms with Gasteiger partial charge in [0.15, 0.2) is 9.84 Å². The van der Waals surface area contributed by atoms with E-state index in [2.05, 4.69) is 53.2 Å². The van der Waals surface area contributed by atoms with Crippen molar-refractivity contribution in [2.24, 2.45) is 0 Å². The van der Waals surface area contributed by atoms with Crippen molar-refractivity contribution in [3.8, 4) is 11.3 Å². The minimum absolute atomic E-state index is 0.0425. The number of nitrogen functional groups attached to an aromatic ring is 1. The van der Waals surface area contributed by atoms with Gasteiger partial charge in [0, 0.05) is 36.3 Å². The van der Waals surface area contributed by atoms with Gasteiger partial charge in [-0.1, -0.05) is 37.3 Å². The fourth-order valence-corrected chi connectivity index (χ4v) is 5.30. The molecule has 0 saturated carbocycles. The summed E-state index contributed by atoms with van der Waals surface area (Å²) in [6.07, 6.45) is 2.71. The molecule has 168 valence electrons. The standard InChI is InChI=1S/C26H31N3O2S/c1-4-32(30,31)15-14-29-13-12-21-22(6-5-7-24(21)27)26(29)20-10-9-19(3)23(16-20)25-11-8-18(2)17-28-25/h5-11,16-17,26H,4,12-15,27H2,1-3H3. The molecule has 2 heterocycles. The van der Waals surface area contributed by atoms with Crippen molar-refractivity contribution in [1.82, 2.24) is 9.88 Å². The number of pyridine rings is 1. The second-order valence-corrected chi connectivity index (χ2v) is 11.1. The van der Waals surface area contributed by atoms with E-state index in [9.17, 15) is 8.42 Å². The Hall–Kier alpha value is -2.70. The highest BCUT2D eigenvalue weighted by Crippen LogP contribution is 2.39. The Bertz CT molecular complexity index is 1220. The Balaban J connectivity index is 1.79. The summed E-state index contributed by atoms with van der Waals surface area (Å²) >= 11 is 0. The number of fused-ring (bicyclic) bond motifs is 1. The third kappa shape index (κ3) is 4.57. The van der Waals surface area contributed by atoms with E-state index < -0.39 is 9.84 Å². The van der Waals surface area contributed by atoms with Crippen molar-refractivity contribution >= 4 is 15.5 Å². The summed E-state index contributed by atoms with van der Waals surface area (Å²) in [4.78, 5) is 6.92. The fourth-order valence-electron chi connectivity index (χ4n) is 4.49. The highest BCUT2D eigenvalue weighted by molar-refractivity contribution is 7.91. The molecule has 0 spiro atoms. The maximum Gasteiger partial charge on any atom is 0.151 e. The minimum Gasteiger partial charge on any atom is -0.398 e. The van der Waals surface area contributed by atoms with Gasteiger partial charge in [0.25, 0.3) is 0 Å². The van der Waals surface area contributed by atoms with Crippen LogP contribution in [0.4, 0.5) is 5.69 Å². The Morgan fingerprint density at radius 3 is 2.66 bits per heavy atom. The van der Waals surface area contributed by atoms with Gasteiger partial charge in [-0.15, -0.1) is 0 Å². The summed E-state index contributed by atoms with van der Waals surface area (Å²) in [6, 6.07) is 16.6. The monoisotopic (exact) mass is 449 g/mol. The largest absolute Gasteiger partial charge is 0.398 e. The van der Waals surface area contributed by atoms with Gasteiger partial charge in [0.05, 0.1) is 17.5 Å². The molecule has 2 N–H and O–H groups in total. The molecule has 4 rings (SSSR count). The molecule has 1 atom stereocenters. The average Bonchev–Trinajstić information content (AvgIpc) is 2.79. The van der Waals surface area contributed by atoms with Crippen molar-refractivity contribution < 1.29 is 8.42 Å². The number of nitrogens with zero attached hydrogens (tertiary/aromatic N) is 2. The molecule has 32 heavy (non-hydrogen) atoms. The minimum atomic E-state index is -3.05. The van der Waals surface area contributed by atoms with Crippen LogP contribution in [-0.4, -0.2) is 42.9 Å². The fraction of sp³-hybridized carbons (Fsp3) is 0.346. The Labute approximate surface area is 191 Å². The molecule has 5 nitrogen and oxygen atoms in total. The zero-order valence-corrected chi connectivity index (χ0v) is 19.8. The molecular formula is C26H31N3O2S. The van der Waals surface area contributed by atoms with Crippen LogP contribution in [-0.2, 0) is 16.3 Å². The smallest absolute Gasteiger partial charge is 0.151 e.